The largest absolute Gasteiger partial charge is 0.341 e. The molecular weight excluding hydrogens is 264 g/mol. The third-order valence-electron chi connectivity index (χ3n) is 3.92. The maximum absolute atomic E-state index is 12.5. The quantitative estimate of drug-likeness (QED) is 0.856. The summed E-state index contributed by atoms with van der Waals surface area (Å²) in [5.74, 6) is -0.0849. The molecule has 1 aromatic carbocycles. The van der Waals surface area contributed by atoms with E-state index < -0.39 is 0 Å². The zero-order chi connectivity index (χ0) is 15.6. The summed E-state index contributed by atoms with van der Waals surface area (Å²) in [6, 6.07) is 9.90. The molecule has 0 unspecified atom stereocenters. The first-order valence-corrected chi connectivity index (χ1v) is 7.38. The van der Waals surface area contributed by atoms with Crippen LogP contribution in [0.5, 0.6) is 0 Å². The third kappa shape index (κ3) is 3.63. The van der Waals surface area contributed by atoms with Gasteiger partial charge in [0.2, 0.25) is 11.8 Å². The second-order valence-electron chi connectivity index (χ2n) is 6.76. The molecule has 0 saturated carbocycles. The van der Waals surface area contributed by atoms with Gasteiger partial charge < -0.3 is 9.80 Å². The van der Waals surface area contributed by atoms with Crippen LogP contribution in [0.15, 0.2) is 30.3 Å². The van der Waals surface area contributed by atoms with Crippen LogP contribution < -0.4 is 0 Å². The summed E-state index contributed by atoms with van der Waals surface area (Å²) >= 11 is 0. The molecule has 0 aliphatic carbocycles. The van der Waals surface area contributed by atoms with Gasteiger partial charge in [-0.2, -0.15) is 0 Å². The topological polar surface area (TPSA) is 40.6 Å². The van der Waals surface area contributed by atoms with Gasteiger partial charge in [0.25, 0.3) is 0 Å². The Bertz CT molecular complexity index is 519. The number of rotatable bonds is 3. The molecule has 0 bridgehead atoms. The lowest BCUT2D eigenvalue weighted by molar-refractivity contribution is -0.135. The number of hydrogen-bond acceptors (Lipinski definition) is 2. The van der Waals surface area contributed by atoms with Crippen LogP contribution in [-0.4, -0.2) is 40.7 Å². The Kier molecular flexibility index (Phi) is 4.35. The van der Waals surface area contributed by atoms with Gasteiger partial charge in [0, 0.05) is 32.1 Å². The second-order valence-corrected chi connectivity index (χ2v) is 6.76. The van der Waals surface area contributed by atoms with E-state index in [1.807, 2.05) is 56.0 Å². The maximum Gasteiger partial charge on any atom is 0.228 e. The normalized spacial score (nSPS) is 19.0. The van der Waals surface area contributed by atoms with Crippen LogP contribution in [0.2, 0.25) is 0 Å². The van der Waals surface area contributed by atoms with Gasteiger partial charge in [-0.05, 0) is 26.3 Å². The molecule has 1 fully saturated rings. The van der Waals surface area contributed by atoms with Crippen molar-refractivity contribution < 1.29 is 9.59 Å². The zero-order valence-electron chi connectivity index (χ0n) is 13.3. The van der Waals surface area contributed by atoms with Gasteiger partial charge in [-0.15, -0.1) is 0 Å². The Morgan fingerprint density at radius 2 is 1.90 bits per heavy atom. The van der Waals surface area contributed by atoms with Crippen molar-refractivity contribution in [3.8, 4) is 0 Å². The molecule has 0 N–H and O–H groups in total. The molecule has 114 valence electrons. The van der Waals surface area contributed by atoms with Crippen molar-refractivity contribution in [3.05, 3.63) is 35.9 Å². The molecule has 1 aliphatic heterocycles. The van der Waals surface area contributed by atoms with Crippen molar-refractivity contribution in [2.24, 2.45) is 5.92 Å². The molecule has 2 rings (SSSR count). The van der Waals surface area contributed by atoms with Crippen molar-refractivity contribution in [2.75, 3.05) is 13.6 Å². The summed E-state index contributed by atoms with van der Waals surface area (Å²) in [5.41, 5.74) is 0.884. The van der Waals surface area contributed by atoms with Gasteiger partial charge in [-0.25, -0.2) is 0 Å². The molecule has 2 amide bonds. The van der Waals surface area contributed by atoms with E-state index in [0.29, 0.717) is 19.5 Å². The summed E-state index contributed by atoms with van der Waals surface area (Å²) in [6.45, 7) is 7.13. The van der Waals surface area contributed by atoms with E-state index in [-0.39, 0.29) is 23.3 Å². The molecule has 0 spiro atoms. The van der Waals surface area contributed by atoms with Crippen LogP contribution in [-0.2, 0) is 16.1 Å². The van der Waals surface area contributed by atoms with E-state index in [0.717, 1.165) is 5.56 Å². The molecule has 4 nitrogen and oxygen atoms in total. The first kappa shape index (κ1) is 15.5. The summed E-state index contributed by atoms with van der Waals surface area (Å²) in [6.07, 6.45) is 0.329. The van der Waals surface area contributed by atoms with Gasteiger partial charge in [0.1, 0.15) is 0 Å². The molecule has 1 aliphatic rings. The van der Waals surface area contributed by atoms with Crippen molar-refractivity contribution in [3.63, 3.8) is 0 Å². The van der Waals surface area contributed by atoms with Crippen LogP contribution in [0.3, 0.4) is 0 Å². The van der Waals surface area contributed by atoms with Gasteiger partial charge >= 0.3 is 0 Å². The van der Waals surface area contributed by atoms with E-state index >= 15 is 0 Å². The lowest BCUT2D eigenvalue weighted by atomic mass is 10.1. The number of amides is 2. The number of hydrogen-bond donors (Lipinski definition) is 0. The highest BCUT2D eigenvalue weighted by Crippen LogP contribution is 2.27. The molecule has 1 saturated heterocycles. The fraction of sp³-hybridized carbons (Fsp3) is 0.529. The van der Waals surface area contributed by atoms with Crippen molar-refractivity contribution in [1.29, 1.82) is 0 Å². The maximum atomic E-state index is 12.5. The van der Waals surface area contributed by atoms with Gasteiger partial charge in [0.15, 0.2) is 0 Å². The summed E-state index contributed by atoms with van der Waals surface area (Å²) in [7, 11) is 1.81. The van der Waals surface area contributed by atoms with Gasteiger partial charge in [-0.3, -0.25) is 9.59 Å². The molecule has 1 aromatic rings. The van der Waals surface area contributed by atoms with Crippen molar-refractivity contribution in [1.82, 2.24) is 9.80 Å². The SMILES string of the molecule is CN(Cc1ccccc1)C(=O)[C@H]1CC(=O)N(C(C)(C)C)C1. The third-order valence-corrected chi connectivity index (χ3v) is 3.92. The predicted octanol–water partition coefficient (Wildman–Crippen LogP) is 2.29. The van der Waals surface area contributed by atoms with Crippen LogP contribution in [0.1, 0.15) is 32.8 Å². The number of likely N-dealkylation sites (tertiary alicyclic amines) is 1. The van der Waals surface area contributed by atoms with Crippen molar-refractivity contribution in [2.45, 2.75) is 39.3 Å². The van der Waals surface area contributed by atoms with Crippen molar-refractivity contribution >= 4 is 11.8 Å². The monoisotopic (exact) mass is 288 g/mol. The highest BCUT2D eigenvalue weighted by atomic mass is 16.2. The minimum Gasteiger partial charge on any atom is -0.341 e. The molecule has 0 aromatic heterocycles. The zero-order valence-corrected chi connectivity index (χ0v) is 13.3. The Hall–Kier alpha value is -1.84. The molecule has 0 radical (unpaired) electrons. The summed E-state index contributed by atoms with van der Waals surface area (Å²) in [5, 5.41) is 0. The first-order valence-electron chi connectivity index (χ1n) is 7.38. The molecular formula is C17H24N2O2. The minimum atomic E-state index is -0.218. The van der Waals surface area contributed by atoms with Gasteiger partial charge in [0.05, 0.1) is 5.92 Å². The lowest BCUT2D eigenvalue weighted by Crippen LogP contribution is -2.43. The Labute approximate surface area is 126 Å². The van der Waals surface area contributed by atoms with Crippen LogP contribution in [0, 0.1) is 5.92 Å². The molecule has 1 heterocycles. The highest BCUT2D eigenvalue weighted by Gasteiger charge is 2.40. The fourth-order valence-electron chi connectivity index (χ4n) is 2.77. The van der Waals surface area contributed by atoms with E-state index in [4.69, 9.17) is 0 Å². The second kappa shape index (κ2) is 5.88. The van der Waals surface area contributed by atoms with E-state index in [1.54, 1.807) is 11.9 Å². The Morgan fingerprint density at radius 1 is 1.29 bits per heavy atom. The molecule has 1 atom stereocenters. The summed E-state index contributed by atoms with van der Waals surface area (Å²) in [4.78, 5) is 28.1. The Morgan fingerprint density at radius 3 is 2.43 bits per heavy atom. The number of benzene rings is 1. The number of nitrogens with zero attached hydrogens (tertiary/aromatic N) is 2. The van der Waals surface area contributed by atoms with E-state index in [1.165, 1.54) is 0 Å². The smallest absolute Gasteiger partial charge is 0.228 e. The van der Waals surface area contributed by atoms with Crippen LogP contribution >= 0.6 is 0 Å². The average molecular weight is 288 g/mol. The number of carbonyl (C=O) groups excluding carboxylic acids is 2. The fourth-order valence-corrected chi connectivity index (χ4v) is 2.77. The average Bonchev–Trinajstić information content (AvgIpc) is 2.81. The van der Waals surface area contributed by atoms with E-state index in [2.05, 4.69) is 0 Å². The minimum absolute atomic E-state index is 0.0546. The standard InChI is InChI=1S/C17H24N2O2/c1-17(2,3)19-12-14(10-15(19)20)16(21)18(4)11-13-8-6-5-7-9-13/h5-9,14H,10-12H2,1-4H3/t14-/m0/s1. The van der Waals surface area contributed by atoms with Gasteiger partial charge in [-0.1, -0.05) is 30.3 Å². The first-order chi connectivity index (χ1) is 9.79. The van der Waals surface area contributed by atoms with E-state index in [9.17, 15) is 9.59 Å². The lowest BCUT2D eigenvalue weighted by Gasteiger charge is -2.32. The summed E-state index contributed by atoms with van der Waals surface area (Å²) < 4.78 is 0. The molecule has 21 heavy (non-hydrogen) atoms. The van der Waals surface area contributed by atoms with Crippen LogP contribution in [0.25, 0.3) is 0 Å². The number of carbonyl (C=O) groups is 2. The predicted molar refractivity (Wildman–Crippen MR) is 82.5 cm³/mol. The highest BCUT2D eigenvalue weighted by molar-refractivity contribution is 5.89. The Balaban J connectivity index is 1.99. The molecule has 4 heteroatoms. The van der Waals surface area contributed by atoms with Crippen LogP contribution in [0.4, 0.5) is 0 Å².